The molecule has 9 atom stereocenters. The van der Waals surface area contributed by atoms with Crippen molar-refractivity contribution in [1.82, 2.24) is 0 Å². The quantitative estimate of drug-likeness (QED) is 0.273. The summed E-state index contributed by atoms with van der Waals surface area (Å²) in [4.78, 5) is 67.7. The van der Waals surface area contributed by atoms with Crippen LogP contribution in [-0.4, -0.2) is 69.7 Å². The minimum Gasteiger partial charge on any atom is -0.459 e. The Balaban J connectivity index is 1.68. The molecule has 0 saturated heterocycles. The molecule has 2 N–H and O–H groups in total. The van der Waals surface area contributed by atoms with Crippen LogP contribution in [0.5, 0.6) is 0 Å². The summed E-state index contributed by atoms with van der Waals surface area (Å²) in [5.74, 6) is -5.98. The Bertz CT molecular complexity index is 1570. The molecule has 2 aromatic carbocycles. The lowest BCUT2D eigenvalue weighted by Crippen LogP contribution is -2.79. The molecule has 0 unspecified atom stereocenters. The monoisotopic (exact) mass is 632 g/mol. The van der Waals surface area contributed by atoms with E-state index in [2.05, 4.69) is 6.58 Å². The first-order chi connectivity index (χ1) is 21.5. The zero-order chi connectivity index (χ0) is 33.8. The minimum atomic E-state index is -2.53. The third kappa shape index (κ3) is 4.98. The molecule has 2 aromatic rings. The summed E-state index contributed by atoms with van der Waals surface area (Å²) in [6.45, 7) is 11.4. The first-order valence-corrected chi connectivity index (χ1v) is 15.3. The maximum Gasteiger partial charge on any atom is 0.338 e. The zero-order valence-corrected chi connectivity index (χ0v) is 26.6. The topological polar surface area (TPSA) is 154 Å². The Kier molecular flexibility index (Phi) is 8.36. The largest absolute Gasteiger partial charge is 0.459 e. The number of rotatable bonds is 6. The van der Waals surface area contributed by atoms with Crippen molar-refractivity contribution in [3.05, 3.63) is 84.4 Å². The van der Waals surface area contributed by atoms with Crippen LogP contribution in [0.15, 0.2) is 73.3 Å². The van der Waals surface area contributed by atoms with Gasteiger partial charge in [0.05, 0.1) is 22.5 Å². The van der Waals surface area contributed by atoms with E-state index < -0.39 is 87.6 Å². The fraction of sp³-hybridized carbons (Fsp3) is 0.472. The molecule has 3 saturated carbocycles. The van der Waals surface area contributed by atoms with E-state index in [9.17, 15) is 34.2 Å². The average molecular weight is 633 g/mol. The number of hydrogen-bond acceptors (Lipinski definition) is 10. The first kappa shape index (κ1) is 33.2. The van der Waals surface area contributed by atoms with Crippen molar-refractivity contribution < 1.29 is 48.4 Å². The Labute approximate surface area is 267 Å². The molecule has 10 heteroatoms. The summed E-state index contributed by atoms with van der Waals surface area (Å²) < 4.78 is 17.6. The van der Waals surface area contributed by atoms with Crippen LogP contribution in [0.3, 0.4) is 0 Å². The van der Waals surface area contributed by atoms with Crippen molar-refractivity contribution >= 4 is 29.5 Å². The Hall–Kier alpha value is -4.15. The van der Waals surface area contributed by atoms with Gasteiger partial charge in [-0.3, -0.25) is 14.4 Å². The highest BCUT2D eigenvalue weighted by Gasteiger charge is 2.77. The van der Waals surface area contributed by atoms with Crippen molar-refractivity contribution in [3.63, 3.8) is 0 Å². The number of carbonyl (C=O) groups is 5. The highest BCUT2D eigenvalue weighted by molar-refractivity contribution is 6.06. The van der Waals surface area contributed by atoms with Crippen molar-refractivity contribution in [2.75, 3.05) is 0 Å². The lowest BCUT2D eigenvalue weighted by molar-refractivity contribution is -0.290. The molecule has 3 fully saturated rings. The van der Waals surface area contributed by atoms with E-state index in [0.717, 1.165) is 6.92 Å². The minimum absolute atomic E-state index is 0.169. The van der Waals surface area contributed by atoms with E-state index >= 15 is 0 Å². The van der Waals surface area contributed by atoms with Gasteiger partial charge >= 0.3 is 17.9 Å². The number of Topliss-reactive ketones (excluding diaryl/α,β-unsaturated/α-hetero) is 2. The van der Waals surface area contributed by atoms with Crippen LogP contribution in [0.1, 0.15) is 68.2 Å². The number of esters is 3. The molecule has 0 spiro atoms. The number of fused-ring (bicyclic) bond motifs is 3. The molecule has 0 bridgehead atoms. The normalized spacial score (nSPS) is 36.4. The van der Waals surface area contributed by atoms with Gasteiger partial charge in [0, 0.05) is 24.2 Å². The second-order valence-electron chi connectivity index (χ2n) is 13.8. The summed E-state index contributed by atoms with van der Waals surface area (Å²) in [5.41, 5.74) is -6.40. The molecule has 0 radical (unpaired) electrons. The summed E-state index contributed by atoms with van der Waals surface area (Å²) in [6.07, 6.45) is -5.16. The standard InChI is InChI=1S/C36H40O10/c1-7-34(5)19-23(38)27-35(6)24(18-25(44-20(2)37)36(27,43)32(34)42)33(3,4)29(46-31(41)22-16-12-9-13-17-22)26(28(35)39)45-30(40)21-14-10-8-11-15-21/h7-17,24-29,39,43H,1,18-19H2,2-6H3/t24-,25+,26+,27+,28-,29+,34-,35-,36-/m0/s1. The van der Waals surface area contributed by atoms with Crippen LogP contribution < -0.4 is 0 Å². The van der Waals surface area contributed by atoms with Gasteiger partial charge in [0.15, 0.2) is 17.5 Å². The van der Waals surface area contributed by atoms with Crippen LogP contribution in [-0.2, 0) is 28.6 Å². The van der Waals surface area contributed by atoms with Gasteiger partial charge in [0.25, 0.3) is 0 Å². The van der Waals surface area contributed by atoms with Gasteiger partial charge < -0.3 is 24.4 Å². The molecule has 10 nitrogen and oxygen atoms in total. The van der Waals surface area contributed by atoms with E-state index in [4.69, 9.17) is 14.2 Å². The Morgan fingerprint density at radius 1 is 0.870 bits per heavy atom. The van der Waals surface area contributed by atoms with Crippen LogP contribution in [0.25, 0.3) is 0 Å². The van der Waals surface area contributed by atoms with Crippen LogP contribution in [0.2, 0.25) is 0 Å². The van der Waals surface area contributed by atoms with Gasteiger partial charge in [0.2, 0.25) is 0 Å². The van der Waals surface area contributed by atoms with Gasteiger partial charge in [-0.1, -0.05) is 63.2 Å². The Morgan fingerprint density at radius 3 is 1.89 bits per heavy atom. The number of ether oxygens (including phenoxy) is 3. The predicted octanol–water partition coefficient (Wildman–Crippen LogP) is 3.88. The summed E-state index contributed by atoms with van der Waals surface area (Å²) in [5, 5.41) is 24.8. The van der Waals surface area contributed by atoms with Crippen molar-refractivity contribution in [2.24, 2.45) is 28.1 Å². The van der Waals surface area contributed by atoms with Gasteiger partial charge in [0.1, 0.15) is 24.1 Å². The number of benzene rings is 2. The van der Waals surface area contributed by atoms with E-state index in [0.29, 0.717) is 0 Å². The highest BCUT2D eigenvalue weighted by Crippen LogP contribution is 2.66. The van der Waals surface area contributed by atoms with E-state index in [1.165, 1.54) is 25.1 Å². The smallest absolute Gasteiger partial charge is 0.338 e. The number of allylic oxidation sites excluding steroid dienone is 1. The first-order valence-electron chi connectivity index (χ1n) is 15.3. The van der Waals surface area contributed by atoms with Gasteiger partial charge in [-0.25, -0.2) is 9.59 Å². The van der Waals surface area contributed by atoms with Crippen LogP contribution in [0, 0.1) is 28.1 Å². The molecule has 0 amide bonds. The molecular formula is C36H40O10. The molecule has 5 rings (SSSR count). The van der Waals surface area contributed by atoms with Gasteiger partial charge in [-0.05, 0) is 43.5 Å². The molecule has 3 aliphatic rings. The van der Waals surface area contributed by atoms with Crippen molar-refractivity contribution in [1.29, 1.82) is 0 Å². The fourth-order valence-corrected chi connectivity index (χ4v) is 8.38. The number of hydrogen-bond donors (Lipinski definition) is 2. The summed E-state index contributed by atoms with van der Waals surface area (Å²) in [7, 11) is 0. The highest BCUT2D eigenvalue weighted by atomic mass is 16.6. The number of carbonyl (C=O) groups excluding carboxylic acids is 5. The number of ketones is 2. The second-order valence-corrected chi connectivity index (χ2v) is 13.8. The van der Waals surface area contributed by atoms with Gasteiger partial charge in [-0.2, -0.15) is 0 Å². The van der Waals surface area contributed by atoms with Crippen LogP contribution in [0.4, 0.5) is 0 Å². The maximum absolute atomic E-state index is 14.2. The third-order valence-corrected chi connectivity index (χ3v) is 10.6. The number of aliphatic hydroxyl groups excluding tert-OH is 1. The van der Waals surface area contributed by atoms with E-state index in [-0.39, 0.29) is 24.0 Å². The molecule has 0 heterocycles. The van der Waals surface area contributed by atoms with Crippen LogP contribution >= 0.6 is 0 Å². The summed E-state index contributed by atoms with van der Waals surface area (Å²) in [6, 6.07) is 16.2. The maximum atomic E-state index is 14.2. The van der Waals surface area contributed by atoms with E-state index in [1.54, 1.807) is 69.3 Å². The SMILES string of the molecule is C=C[C@@]1(C)CC(=O)[C@H]2[C@](O)(C1=O)[C@H](OC(C)=O)C[C@H]1C(C)(C)[C@H](OC(=O)c3ccccc3)[C@H](OC(=O)c3ccccc3)[C@H](O)[C@@]12C. The fourth-order valence-electron chi connectivity index (χ4n) is 8.38. The summed E-state index contributed by atoms with van der Waals surface area (Å²) >= 11 is 0. The molecule has 0 aliphatic heterocycles. The van der Waals surface area contributed by atoms with Crippen molar-refractivity contribution in [2.45, 2.75) is 77.5 Å². The second kappa shape index (κ2) is 11.6. The predicted molar refractivity (Wildman–Crippen MR) is 164 cm³/mol. The zero-order valence-electron chi connectivity index (χ0n) is 26.6. The third-order valence-electron chi connectivity index (χ3n) is 10.6. The molecule has 0 aromatic heterocycles. The van der Waals surface area contributed by atoms with E-state index in [1.807, 2.05) is 0 Å². The number of aliphatic hydroxyl groups is 2. The average Bonchev–Trinajstić information content (AvgIpc) is 3.02. The lowest BCUT2D eigenvalue weighted by Gasteiger charge is -2.67. The molecule has 46 heavy (non-hydrogen) atoms. The molecular weight excluding hydrogens is 592 g/mol. The van der Waals surface area contributed by atoms with Gasteiger partial charge in [-0.15, -0.1) is 6.58 Å². The lowest BCUT2D eigenvalue weighted by atomic mass is 9.39. The molecule has 244 valence electrons. The molecule has 3 aliphatic carbocycles. The van der Waals surface area contributed by atoms with Crippen molar-refractivity contribution in [3.8, 4) is 0 Å². The Morgan fingerprint density at radius 2 is 1.39 bits per heavy atom.